The third-order valence-corrected chi connectivity index (χ3v) is 4.77. The molecular formula is C15H13BrCl3N. The molecule has 1 nitrogen and oxygen atoms in total. The number of hydrogen-bond donors (Lipinski definition) is 1. The second-order valence-corrected chi connectivity index (χ2v) is 6.56. The molecule has 0 aliphatic carbocycles. The molecule has 2 rings (SSSR count). The van der Waals surface area contributed by atoms with E-state index < -0.39 is 0 Å². The fourth-order valence-corrected chi connectivity index (χ4v) is 3.33. The maximum Gasteiger partial charge on any atom is 0.0595 e. The molecule has 0 fully saturated rings. The smallest absolute Gasteiger partial charge is 0.0595 e. The van der Waals surface area contributed by atoms with Gasteiger partial charge in [0.1, 0.15) is 0 Å². The highest BCUT2D eigenvalue weighted by molar-refractivity contribution is 9.10. The summed E-state index contributed by atoms with van der Waals surface area (Å²) in [7, 11) is 1.93. The van der Waals surface area contributed by atoms with Crippen molar-refractivity contribution < 1.29 is 0 Å². The molecule has 2 aromatic carbocycles. The number of rotatable bonds is 4. The van der Waals surface area contributed by atoms with Crippen molar-refractivity contribution in [1.29, 1.82) is 0 Å². The standard InChI is InChI=1S/C15H13BrCl3N/c1-20-15(11-4-3-10(17)8-12(11)16)7-9-2-5-13(18)14(19)6-9/h2-6,8,15,20H,7H2,1H3. The molecule has 2 aromatic rings. The Kier molecular flexibility index (Phi) is 5.76. The molecular weight excluding hydrogens is 380 g/mol. The lowest BCUT2D eigenvalue weighted by Crippen LogP contribution is -2.19. The molecule has 0 aromatic heterocycles. The van der Waals surface area contributed by atoms with Gasteiger partial charge in [-0.2, -0.15) is 0 Å². The third kappa shape index (κ3) is 3.90. The molecule has 0 spiro atoms. The van der Waals surface area contributed by atoms with E-state index in [2.05, 4.69) is 21.2 Å². The maximum absolute atomic E-state index is 6.06. The maximum atomic E-state index is 6.06. The quantitative estimate of drug-likeness (QED) is 0.681. The van der Waals surface area contributed by atoms with Gasteiger partial charge in [0.05, 0.1) is 10.0 Å². The minimum atomic E-state index is 0.166. The second kappa shape index (κ2) is 7.15. The Morgan fingerprint density at radius 2 is 1.80 bits per heavy atom. The van der Waals surface area contributed by atoms with Crippen molar-refractivity contribution in [3.05, 3.63) is 67.1 Å². The zero-order valence-corrected chi connectivity index (χ0v) is 14.6. The van der Waals surface area contributed by atoms with Crippen LogP contribution in [-0.2, 0) is 6.42 Å². The molecule has 0 bridgehead atoms. The van der Waals surface area contributed by atoms with Crippen molar-refractivity contribution in [3.63, 3.8) is 0 Å². The van der Waals surface area contributed by atoms with E-state index in [1.807, 2.05) is 43.4 Å². The normalized spacial score (nSPS) is 12.4. The molecule has 1 atom stereocenters. The first-order valence-corrected chi connectivity index (χ1v) is 8.00. The Labute approximate surface area is 142 Å². The Morgan fingerprint density at radius 3 is 2.40 bits per heavy atom. The zero-order chi connectivity index (χ0) is 14.7. The summed E-state index contributed by atoms with van der Waals surface area (Å²) >= 11 is 21.5. The summed E-state index contributed by atoms with van der Waals surface area (Å²) in [6.45, 7) is 0. The average Bonchev–Trinajstić information content (AvgIpc) is 2.41. The van der Waals surface area contributed by atoms with Crippen LogP contribution in [0.2, 0.25) is 15.1 Å². The van der Waals surface area contributed by atoms with E-state index in [4.69, 9.17) is 34.8 Å². The lowest BCUT2D eigenvalue weighted by atomic mass is 9.99. The molecule has 0 aliphatic rings. The highest BCUT2D eigenvalue weighted by Gasteiger charge is 2.14. The van der Waals surface area contributed by atoms with Crippen LogP contribution in [0.3, 0.4) is 0 Å². The van der Waals surface area contributed by atoms with Gasteiger partial charge in [-0.1, -0.05) is 62.9 Å². The van der Waals surface area contributed by atoms with E-state index in [0.29, 0.717) is 15.1 Å². The summed E-state index contributed by atoms with van der Waals surface area (Å²) in [6.07, 6.45) is 0.813. The van der Waals surface area contributed by atoms with E-state index in [9.17, 15) is 0 Å². The van der Waals surface area contributed by atoms with Gasteiger partial charge in [-0.3, -0.25) is 0 Å². The predicted molar refractivity (Wildman–Crippen MR) is 91.1 cm³/mol. The van der Waals surface area contributed by atoms with E-state index in [-0.39, 0.29) is 6.04 Å². The van der Waals surface area contributed by atoms with Crippen LogP contribution in [0, 0.1) is 0 Å². The average molecular weight is 394 g/mol. The van der Waals surface area contributed by atoms with Gasteiger partial charge in [0, 0.05) is 15.5 Å². The van der Waals surface area contributed by atoms with Gasteiger partial charge in [-0.15, -0.1) is 0 Å². The Balaban J connectivity index is 2.26. The van der Waals surface area contributed by atoms with Crippen molar-refractivity contribution >= 4 is 50.7 Å². The minimum Gasteiger partial charge on any atom is -0.313 e. The summed E-state index contributed by atoms with van der Waals surface area (Å²) in [5.74, 6) is 0. The van der Waals surface area contributed by atoms with Crippen LogP contribution in [0.4, 0.5) is 0 Å². The van der Waals surface area contributed by atoms with Gasteiger partial charge in [0.15, 0.2) is 0 Å². The van der Waals surface area contributed by atoms with Crippen LogP contribution in [0.5, 0.6) is 0 Å². The summed E-state index contributed by atoms with van der Waals surface area (Å²) < 4.78 is 0.990. The lowest BCUT2D eigenvalue weighted by molar-refractivity contribution is 0.590. The molecule has 106 valence electrons. The van der Waals surface area contributed by atoms with E-state index in [1.54, 1.807) is 0 Å². The summed E-state index contributed by atoms with van der Waals surface area (Å²) in [5, 5.41) is 5.18. The Hall–Kier alpha value is -0.250. The third-order valence-electron chi connectivity index (χ3n) is 3.11. The number of benzene rings is 2. The highest BCUT2D eigenvalue weighted by atomic mass is 79.9. The van der Waals surface area contributed by atoms with Gasteiger partial charge >= 0.3 is 0 Å². The first kappa shape index (κ1) is 16.1. The number of likely N-dealkylation sites (N-methyl/N-ethyl adjacent to an activating group) is 1. The molecule has 0 amide bonds. The van der Waals surface area contributed by atoms with Gasteiger partial charge in [-0.05, 0) is 48.9 Å². The van der Waals surface area contributed by atoms with Crippen molar-refractivity contribution in [2.24, 2.45) is 0 Å². The number of halogens is 4. The Bertz CT molecular complexity index is 616. The molecule has 20 heavy (non-hydrogen) atoms. The van der Waals surface area contributed by atoms with Crippen LogP contribution >= 0.6 is 50.7 Å². The van der Waals surface area contributed by atoms with Crippen LogP contribution in [0.15, 0.2) is 40.9 Å². The van der Waals surface area contributed by atoms with Gasteiger partial charge in [-0.25, -0.2) is 0 Å². The van der Waals surface area contributed by atoms with Gasteiger partial charge in [0.25, 0.3) is 0 Å². The molecule has 1 unspecified atom stereocenters. The number of hydrogen-bond acceptors (Lipinski definition) is 1. The van der Waals surface area contributed by atoms with Crippen LogP contribution in [-0.4, -0.2) is 7.05 Å². The Morgan fingerprint density at radius 1 is 1.05 bits per heavy atom. The fraction of sp³-hybridized carbons (Fsp3) is 0.200. The summed E-state index contributed by atoms with van der Waals surface area (Å²) in [4.78, 5) is 0. The van der Waals surface area contributed by atoms with Crippen molar-refractivity contribution in [1.82, 2.24) is 5.32 Å². The summed E-state index contributed by atoms with van der Waals surface area (Å²) in [6, 6.07) is 11.7. The van der Waals surface area contributed by atoms with Gasteiger partial charge in [0.2, 0.25) is 0 Å². The van der Waals surface area contributed by atoms with Crippen molar-refractivity contribution in [3.8, 4) is 0 Å². The molecule has 0 aliphatic heterocycles. The van der Waals surface area contributed by atoms with Crippen molar-refractivity contribution in [2.75, 3.05) is 7.05 Å². The van der Waals surface area contributed by atoms with Gasteiger partial charge < -0.3 is 5.32 Å². The van der Waals surface area contributed by atoms with E-state index in [0.717, 1.165) is 22.0 Å². The number of nitrogens with one attached hydrogen (secondary N) is 1. The summed E-state index contributed by atoms with van der Waals surface area (Å²) in [5.41, 5.74) is 2.28. The molecule has 0 heterocycles. The first-order valence-electron chi connectivity index (χ1n) is 6.07. The highest BCUT2D eigenvalue weighted by Crippen LogP contribution is 2.30. The zero-order valence-electron chi connectivity index (χ0n) is 10.8. The van der Waals surface area contributed by atoms with Crippen LogP contribution in [0.25, 0.3) is 0 Å². The largest absolute Gasteiger partial charge is 0.313 e. The first-order chi connectivity index (χ1) is 9.51. The van der Waals surface area contributed by atoms with E-state index in [1.165, 1.54) is 0 Å². The molecule has 1 N–H and O–H groups in total. The SMILES string of the molecule is CNC(Cc1ccc(Cl)c(Cl)c1)c1ccc(Cl)cc1Br. The predicted octanol–water partition coefficient (Wildman–Crippen LogP) is 5.91. The lowest BCUT2D eigenvalue weighted by Gasteiger charge is -2.19. The molecule has 5 heteroatoms. The molecule has 0 radical (unpaired) electrons. The van der Waals surface area contributed by atoms with Crippen LogP contribution < -0.4 is 5.32 Å². The molecule has 0 saturated carbocycles. The van der Waals surface area contributed by atoms with Crippen molar-refractivity contribution in [2.45, 2.75) is 12.5 Å². The minimum absolute atomic E-state index is 0.166. The molecule has 0 saturated heterocycles. The topological polar surface area (TPSA) is 12.0 Å². The second-order valence-electron chi connectivity index (χ2n) is 4.46. The fourth-order valence-electron chi connectivity index (χ4n) is 2.05. The van der Waals surface area contributed by atoms with Crippen LogP contribution in [0.1, 0.15) is 17.2 Å². The monoisotopic (exact) mass is 391 g/mol. The van der Waals surface area contributed by atoms with E-state index >= 15 is 0 Å².